The lowest BCUT2D eigenvalue weighted by Gasteiger charge is -2.16. The van der Waals surface area contributed by atoms with Crippen molar-refractivity contribution in [2.24, 2.45) is 0 Å². The van der Waals surface area contributed by atoms with Gasteiger partial charge in [-0.1, -0.05) is 29.3 Å². The predicted molar refractivity (Wildman–Crippen MR) is 103 cm³/mol. The Morgan fingerprint density at radius 3 is 2.58 bits per heavy atom. The van der Waals surface area contributed by atoms with Crippen LogP contribution in [0.5, 0.6) is 0 Å². The summed E-state index contributed by atoms with van der Waals surface area (Å²) in [6.45, 7) is 1.74. The Morgan fingerprint density at radius 1 is 1.08 bits per heavy atom. The second kappa shape index (κ2) is 7.56. The molecule has 0 saturated heterocycles. The van der Waals surface area contributed by atoms with Crippen LogP contribution in [-0.2, 0) is 21.2 Å². The summed E-state index contributed by atoms with van der Waals surface area (Å²) in [7, 11) is -3.73. The number of hydrogen-bond acceptors (Lipinski definition) is 3. The Kier molecular flexibility index (Phi) is 5.58. The van der Waals surface area contributed by atoms with Gasteiger partial charge in [-0.25, -0.2) is 13.1 Å². The van der Waals surface area contributed by atoms with Crippen molar-refractivity contribution in [3.8, 4) is 0 Å². The highest BCUT2D eigenvalue weighted by atomic mass is 35.5. The minimum Gasteiger partial charge on any atom is -0.326 e. The highest BCUT2D eigenvalue weighted by molar-refractivity contribution is 7.89. The van der Waals surface area contributed by atoms with E-state index in [9.17, 15) is 13.2 Å². The molecule has 3 rings (SSSR count). The number of sulfonamides is 1. The van der Waals surface area contributed by atoms with Crippen molar-refractivity contribution in [3.05, 3.63) is 57.6 Å². The fraction of sp³-hybridized carbons (Fsp3) is 0.278. The fourth-order valence-electron chi connectivity index (χ4n) is 2.87. The Bertz CT molecular complexity index is 961. The average Bonchev–Trinajstić information content (AvgIpc) is 2.76. The van der Waals surface area contributed by atoms with Crippen LogP contribution < -0.4 is 10.0 Å². The molecule has 8 heteroatoms. The van der Waals surface area contributed by atoms with Crippen LogP contribution in [0, 0.1) is 0 Å². The van der Waals surface area contributed by atoms with Gasteiger partial charge in [-0.15, -0.1) is 0 Å². The zero-order valence-electron chi connectivity index (χ0n) is 14.1. The van der Waals surface area contributed by atoms with Gasteiger partial charge in [-0.2, -0.15) is 0 Å². The van der Waals surface area contributed by atoms with Gasteiger partial charge in [-0.3, -0.25) is 4.79 Å². The minimum atomic E-state index is -3.73. The summed E-state index contributed by atoms with van der Waals surface area (Å²) < 4.78 is 28.1. The maximum absolute atomic E-state index is 12.7. The first-order valence-corrected chi connectivity index (χ1v) is 10.4. The van der Waals surface area contributed by atoms with Gasteiger partial charge in [0.1, 0.15) is 0 Å². The number of amides is 1. The monoisotopic (exact) mass is 412 g/mol. The molecule has 5 nitrogen and oxygen atoms in total. The van der Waals surface area contributed by atoms with Gasteiger partial charge in [0, 0.05) is 18.2 Å². The van der Waals surface area contributed by atoms with Crippen molar-refractivity contribution in [2.45, 2.75) is 37.1 Å². The molecule has 0 spiro atoms. The molecular formula is C18H18Cl2N2O3S. The lowest BCUT2D eigenvalue weighted by molar-refractivity contribution is -0.116. The van der Waals surface area contributed by atoms with Gasteiger partial charge in [0.2, 0.25) is 15.9 Å². The number of halogens is 2. The maximum atomic E-state index is 12.7. The maximum Gasteiger partial charge on any atom is 0.241 e. The minimum absolute atomic E-state index is 0.0503. The molecule has 1 aliphatic rings. The van der Waals surface area contributed by atoms with E-state index in [0.29, 0.717) is 40.6 Å². The number of fused-ring (bicyclic) bond motifs is 1. The highest BCUT2D eigenvalue weighted by Gasteiger charge is 2.21. The molecule has 1 heterocycles. The molecule has 0 aliphatic carbocycles. The van der Waals surface area contributed by atoms with E-state index in [1.54, 1.807) is 37.3 Å². The summed E-state index contributed by atoms with van der Waals surface area (Å²) in [5, 5.41) is 3.58. The van der Waals surface area contributed by atoms with Crippen LogP contribution in [0.4, 0.5) is 5.69 Å². The molecule has 2 N–H and O–H groups in total. The van der Waals surface area contributed by atoms with Gasteiger partial charge >= 0.3 is 0 Å². The van der Waals surface area contributed by atoms with Crippen molar-refractivity contribution in [2.75, 3.05) is 5.32 Å². The number of carbonyl (C=O) groups excluding carboxylic acids is 1. The Balaban J connectivity index is 1.85. The van der Waals surface area contributed by atoms with Crippen LogP contribution in [0.3, 0.4) is 0 Å². The summed E-state index contributed by atoms with van der Waals surface area (Å²) in [5.41, 5.74) is 2.20. The molecule has 1 atom stereocenters. The third-order valence-electron chi connectivity index (χ3n) is 4.29. The van der Waals surface area contributed by atoms with Crippen molar-refractivity contribution in [1.82, 2.24) is 4.72 Å². The normalized spacial score (nSPS) is 15.7. The van der Waals surface area contributed by atoms with E-state index in [1.165, 1.54) is 6.07 Å². The fourth-order valence-corrected chi connectivity index (χ4v) is 4.46. The number of anilines is 1. The van der Waals surface area contributed by atoms with Crippen LogP contribution >= 0.6 is 23.2 Å². The first-order valence-electron chi connectivity index (χ1n) is 8.16. The number of rotatable bonds is 4. The molecule has 2 aromatic carbocycles. The SMILES string of the molecule is CC(NS(=O)(=O)c1ccc2c(c1)CCCC(=O)N2)c1ccc(Cl)c(Cl)c1. The molecular weight excluding hydrogens is 395 g/mol. The van der Waals surface area contributed by atoms with E-state index in [2.05, 4.69) is 10.0 Å². The van der Waals surface area contributed by atoms with Crippen molar-refractivity contribution in [3.63, 3.8) is 0 Å². The second-order valence-corrected chi connectivity index (χ2v) is 8.77. The van der Waals surface area contributed by atoms with E-state index in [4.69, 9.17) is 23.2 Å². The lowest BCUT2D eigenvalue weighted by atomic mass is 10.1. The van der Waals surface area contributed by atoms with E-state index in [1.807, 2.05) is 0 Å². The van der Waals surface area contributed by atoms with Gasteiger partial charge in [0.25, 0.3) is 0 Å². The van der Waals surface area contributed by atoms with Crippen LogP contribution in [0.15, 0.2) is 41.3 Å². The summed E-state index contributed by atoms with van der Waals surface area (Å²) in [5.74, 6) is -0.0503. The molecule has 1 amide bonds. The zero-order valence-corrected chi connectivity index (χ0v) is 16.4. The zero-order chi connectivity index (χ0) is 18.9. The number of aryl methyl sites for hydroxylation is 1. The number of benzene rings is 2. The highest BCUT2D eigenvalue weighted by Crippen LogP contribution is 2.28. The van der Waals surface area contributed by atoms with Crippen molar-refractivity contribution in [1.29, 1.82) is 0 Å². The largest absolute Gasteiger partial charge is 0.326 e. The number of nitrogens with one attached hydrogen (secondary N) is 2. The Labute approximate surface area is 162 Å². The first kappa shape index (κ1) is 19.2. The van der Waals surface area contributed by atoms with Crippen LogP contribution in [0.2, 0.25) is 10.0 Å². The molecule has 0 radical (unpaired) electrons. The number of hydrogen-bond donors (Lipinski definition) is 2. The van der Waals surface area contributed by atoms with E-state index in [-0.39, 0.29) is 10.8 Å². The summed E-state index contributed by atoms with van der Waals surface area (Å²) in [6.07, 6.45) is 1.78. The topological polar surface area (TPSA) is 75.3 Å². The molecule has 26 heavy (non-hydrogen) atoms. The summed E-state index contributed by atoms with van der Waals surface area (Å²) in [4.78, 5) is 11.8. The molecule has 0 fully saturated rings. The van der Waals surface area contributed by atoms with Gasteiger partial charge in [-0.05, 0) is 61.2 Å². The molecule has 138 valence electrons. The van der Waals surface area contributed by atoms with Crippen LogP contribution in [-0.4, -0.2) is 14.3 Å². The number of carbonyl (C=O) groups is 1. The second-order valence-electron chi connectivity index (χ2n) is 6.24. The third kappa shape index (κ3) is 4.20. The average molecular weight is 413 g/mol. The standard InChI is InChI=1S/C18H18Cl2N2O3S/c1-11(12-5-7-15(19)16(20)10-12)22-26(24,25)14-6-8-17-13(9-14)3-2-4-18(23)21-17/h5-11,22H,2-4H2,1H3,(H,21,23). The lowest BCUT2D eigenvalue weighted by Crippen LogP contribution is -2.27. The Morgan fingerprint density at radius 2 is 1.85 bits per heavy atom. The van der Waals surface area contributed by atoms with Crippen molar-refractivity contribution < 1.29 is 13.2 Å². The predicted octanol–water partition coefficient (Wildman–Crippen LogP) is 4.31. The van der Waals surface area contributed by atoms with E-state index < -0.39 is 16.1 Å². The van der Waals surface area contributed by atoms with Gasteiger partial charge in [0.15, 0.2) is 0 Å². The molecule has 0 aromatic heterocycles. The van der Waals surface area contributed by atoms with Gasteiger partial charge in [0.05, 0.1) is 14.9 Å². The summed E-state index contributed by atoms with van der Waals surface area (Å²) in [6, 6.07) is 9.27. The van der Waals surface area contributed by atoms with Crippen molar-refractivity contribution >= 4 is 44.8 Å². The van der Waals surface area contributed by atoms with Crippen LogP contribution in [0.25, 0.3) is 0 Å². The molecule has 2 aromatic rings. The van der Waals surface area contributed by atoms with Crippen LogP contribution in [0.1, 0.15) is 36.9 Å². The molecule has 1 aliphatic heterocycles. The van der Waals surface area contributed by atoms with E-state index >= 15 is 0 Å². The Hall–Kier alpha value is -1.60. The quantitative estimate of drug-likeness (QED) is 0.785. The first-order chi connectivity index (χ1) is 12.3. The third-order valence-corrected chi connectivity index (χ3v) is 6.56. The molecule has 0 bridgehead atoms. The van der Waals surface area contributed by atoms with Gasteiger partial charge < -0.3 is 5.32 Å². The molecule has 0 saturated carbocycles. The molecule has 1 unspecified atom stereocenters. The van der Waals surface area contributed by atoms with E-state index in [0.717, 1.165) is 5.56 Å². The smallest absolute Gasteiger partial charge is 0.241 e. The summed E-state index contributed by atoms with van der Waals surface area (Å²) >= 11 is 11.9.